The molecule has 2 bridgehead atoms. The smallest absolute Gasteiger partial charge is 0.252 e. The summed E-state index contributed by atoms with van der Waals surface area (Å²) in [6.07, 6.45) is 7.48. The fraction of sp³-hybridized carbons (Fsp3) is 0.517. The van der Waals surface area contributed by atoms with Crippen molar-refractivity contribution in [1.82, 2.24) is 10.3 Å². The van der Waals surface area contributed by atoms with Gasteiger partial charge in [0.15, 0.2) is 5.78 Å². The SMILES string of the molecule is CC(C)[C@@H](C)Nc1cc(C(=O)NC2CC3CCC(C2)N3c2ccc(C(=O)C3CC3)cn2)c(Br)cc1C(N)=O. The monoisotopic (exact) mass is 581 g/mol. The first-order valence-electron chi connectivity index (χ1n) is 13.6. The predicted octanol–water partition coefficient (Wildman–Crippen LogP) is 4.92. The highest BCUT2D eigenvalue weighted by Gasteiger charge is 2.42. The molecule has 2 saturated heterocycles. The zero-order valence-corrected chi connectivity index (χ0v) is 23.8. The number of Topliss-reactive ketones (excluding diaryl/α,β-unsaturated/α-hetero) is 1. The van der Waals surface area contributed by atoms with Crippen molar-refractivity contribution in [3.8, 4) is 0 Å². The molecule has 38 heavy (non-hydrogen) atoms. The van der Waals surface area contributed by atoms with Gasteiger partial charge in [0.1, 0.15) is 5.82 Å². The van der Waals surface area contributed by atoms with Gasteiger partial charge in [-0.3, -0.25) is 14.4 Å². The molecule has 1 aliphatic carbocycles. The lowest BCUT2D eigenvalue weighted by Crippen LogP contribution is -2.50. The quantitative estimate of drug-likeness (QED) is 0.362. The molecule has 9 heteroatoms. The van der Waals surface area contributed by atoms with E-state index in [1.165, 1.54) is 0 Å². The van der Waals surface area contributed by atoms with E-state index in [1.54, 1.807) is 18.3 Å². The van der Waals surface area contributed by atoms with E-state index in [2.05, 4.69) is 50.3 Å². The van der Waals surface area contributed by atoms with Crippen LogP contribution in [0.5, 0.6) is 0 Å². The summed E-state index contributed by atoms with van der Waals surface area (Å²) in [7, 11) is 0. The molecule has 2 aromatic rings. The Labute approximate surface area is 232 Å². The molecule has 1 saturated carbocycles. The van der Waals surface area contributed by atoms with E-state index in [-0.39, 0.29) is 29.7 Å². The second-order valence-electron chi connectivity index (χ2n) is 11.4. The third kappa shape index (κ3) is 5.44. The normalized spacial score (nSPS) is 23.3. The fourth-order valence-electron chi connectivity index (χ4n) is 5.68. The van der Waals surface area contributed by atoms with Crippen LogP contribution in [0.2, 0.25) is 0 Å². The van der Waals surface area contributed by atoms with Crippen LogP contribution < -0.4 is 21.3 Å². The number of benzene rings is 1. The lowest BCUT2D eigenvalue weighted by Gasteiger charge is -2.40. The standard InChI is InChI=1S/C29H36BrN5O3/c1-15(2)16(3)33-25-13-22(24(30)12-23(25)28(31)37)29(38)34-19-10-20-7-8-21(11-19)35(20)26-9-6-18(14-32-26)27(36)17-4-5-17/h6,9,12-17,19-21,33H,4-5,7-8,10-11H2,1-3H3,(H2,31,37)(H,34,38)/t16-,19?,20?,21?/m1/s1. The number of nitrogens with one attached hydrogen (secondary N) is 2. The van der Waals surface area contributed by atoms with E-state index in [9.17, 15) is 14.4 Å². The molecule has 4 N–H and O–H groups in total. The molecule has 2 amide bonds. The van der Waals surface area contributed by atoms with Crippen molar-refractivity contribution in [3.05, 3.63) is 51.6 Å². The van der Waals surface area contributed by atoms with Crippen LogP contribution in [0.4, 0.5) is 11.5 Å². The zero-order chi connectivity index (χ0) is 27.1. The Hall–Kier alpha value is -2.94. The molecule has 1 aromatic heterocycles. The van der Waals surface area contributed by atoms with Gasteiger partial charge in [0.2, 0.25) is 0 Å². The van der Waals surface area contributed by atoms with Crippen molar-refractivity contribution in [3.63, 3.8) is 0 Å². The number of pyridine rings is 1. The first-order valence-corrected chi connectivity index (χ1v) is 14.4. The highest BCUT2D eigenvalue weighted by molar-refractivity contribution is 9.10. The predicted molar refractivity (Wildman–Crippen MR) is 152 cm³/mol. The number of halogens is 1. The average molecular weight is 583 g/mol. The van der Waals surface area contributed by atoms with Gasteiger partial charge in [-0.1, -0.05) is 13.8 Å². The number of nitrogens with zero attached hydrogens (tertiary/aromatic N) is 2. The van der Waals surface area contributed by atoms with Gasteiger partial charge in [-0.2, -0.15) is 0 Å². The van der Waals surface area contributed by atoms with Crippen LogP contribution >= 0.6 is 15.9 Å². The Morgan fingerprint density at radius 2 is 1.71 bits per heavy atom. The van der Waals surface area contributed by atoms with Gasteiger partial charge in [0.25, 0.3) is 11.8 Å². The molecule has 0 spiro atoms. The van der Waals surface area contributed by atoms with Crippen molar-refractivity contribution in [2.75, 3.05) is 10.2 Å². The molecule has 3 aliphatic rings. The second kappa shape index (κ2) is 10.7. The molecule has 2 unspecified atom stereocenters. The number of amides is 2. The van der Waals surface area contributed by atoms with E-state index in [0.29, 0.717) is 44.9 Å². The first-order chi connectivity index (χ1) is 18.1. The largest absolute Gasteiger partial charge is 0.382 e. The molecule has 202 valence electrons. The summed E-state index contributed by atoms with van der Waals surface area (Å²) in [6.45, 7) is 6.22. The summed E-state index contributed by atoms with van der Waals surface area (Å²) in [6, 6.07) is 7.96. The van der Waals surface area contributed by atoms with Crippen LogP contribution in [0.15, 0.2) is 34.9 Å². The van der Waals surface area contributed by atoms with E-state index in [4.69, 9.17) is 5.73 Å². The van der Waals surface area contributed by atoms with Gasteiger partial charge in [-0.25, -0.2) is 4.98 Å². The Morgan fingerprint density at radius 3 is 2.26 bits per heavy atom. The maximum absolute atomic E-state index is 13.4. The number of nitrogens with two attached hydrogens (primary N) is 1. The average Bonchev–Trinajstić information content (AvgIpc) is 3.69. The van der Waals surface area contributed by atoms with Gasteiger partial charge in [0, 0.05) is 52.0 Å². The van der Waals surface area contributed by atoms with Gasteiger partial charge in [-0.05, 0) is 91.6 Å². The summed E-state index contributed by atoms with van der Waals surface area (Å²) in [5.74, 6) is 0.929. The van der Waals surface area contributed by atoms with Crippen molar-refractivity contribution < 1.29 is 14.4 Å². The Bertz CT molecular complexity index is 1230. The number of anilines is 2. The first kappa shape index (κ1) is 26.7. The topological polar surface area (TPSA) is 117 Å². The summed E-state index contributed by atoms with van der Waals surface area (Å²) in [5.41, 5.74) is 7.72. The lowest BCUT2D eigenvalue weighted by molar-refractivity contribution is 0.0923. The van der Waals surface area contributed by atoms with E-state index >= 15 is 0 Å². The Morgan fingerprint density at radius 1 is 1.03 bits per heavy atom. The van der Waals surface area contributed by atoms with Crippen LogP contribution in [0.25, 0.3) is 0 Å². The molecule has 5 rings (SSSR count). The minimum absolute atomic E-state index is 0.0423. The van der Waals surface area contributed by atoms with Gasteiger partial charge in [0.05, 0.1) is 11.1 Å². The summed E-state index contributed by atoms with van der Waals surface area (Å²) in [4.78, 5) is 44.8. The molecule has 0 radical (unpaired) electrons. The van der Waals surface area contributed by atoms with Crippen LogP contribution in [-0.2, 0) is 0 Å². The second-order valence-corrected chi connectivity index (χ2v) is 12.3. The van der Waals surface area contributed by atoms with Gasteiger partial charge < -0.3 is 21.3 Å². The van der Waals surface area contributed by atoms with Gasteiger partial charge in [-0.15, -0.1) is 0 Å². The third-order valence-corrected chi connectivity index (χ3v) is 8.97. The number of fused-ring (bicyclic) bond motifs is 2. The molecular weight excluding hydrogens is 546 g/mol. The highest BCUT2D eigenvalue weighted by atomic mass is 79.9. The number of rotatable bonds is 9. The molecular formula is C29H36BrN5O3. The molecule has 1 aromatic carbocycles. The summed E-state index contributed by atoms with van der Waals surface area (Å²) < 4.78 is 0.539. The number of carbonyl (C=O) groups excluding carboxylic acids is 3. The van der Waals surface area contributed by atoms with Crippen LogP contribution in [0.3, 0.4) is 0 Å². The number of hydrogen-bond donors (Lipinski definition) is 3. The maximum Gasteiger partial charge on any atom is 0.252 e. The van der Waals surface area contributed by atoms with Crippen molar-refractivity contribution in [1.29, 1.82) is 0 Å². The van der Waals surface area contributed by atoms with Crippen LogP contribution in [0, 0.1) is 11.8 Å². The lowest BCUT2D eigenvalue weighted by atomic mass is 9.96. The van der Waals surface area contributed by atoms with Crippen molar-refractivity contribution in [2.45, 2.75) is 83.5 Å². The minimum Gasteiger partial charge on any atom is -0.382 e. The Kier molecular flexibility index (Phi) is 7.49. The Balaban J connectivity index is 1.27. The van der Waals surface area contributed by atoms with Crippen molar-refractivity contribution >= 4 is 45.0 Å². The fourth-order valence-corrected chi connectivity index (χ4v) is 6.20. The highest BCUT2D eigenvalue weighted by Crippen LogP contribution is 2.39. The minimum atomic E-state index is -0.543. The van der Waals surface area contributed by atoms with E-state index in [0.717, 1.165) is 44.3 Å². The number of primary amides is 1. The molecule has 3 fully saturated rings. The van der Waals surface area contributed by atoms with Crippen LogP contribution in [-0.4, -0.2) is 46.7 Å². The maximum atomic E-state index is 13.4. The van der Waals surface area contributed by atoms with Crippen LogP contribution in [0.1, 0.15) is 90.4 Å². The summed E-state index contributed by atoms with van der Waals surface area (Å²) >= 11 is 3.48. The molecule has 3 atom stereocenters. The zero-order valence-electron chi connectivity index (χ0n) is 22.2. The third-order valence-electron chi connectivity index (χ3n) is 8.31. The van der Waals surface area contributed by atoms with Crippen molar-refractivity contribution in [2.24, 2.45) is 17.6 Å². The number of hydrogen-bond acceptors (Lipinski definition) is 6. The number of ketones is 1. The number of piperidine rings is 1. The van der Waals surface area contributed by atoms with E-state index in [1.807, 2.05) is 19.1 Å². The number of aromatic nitrogens is 1. The van der Waals surface area contributed by atoms with E-state index < -0.39 is 5.91 Å². The van der Waals surface area contributed by atoms with Gasteiger partial charge >= 0.3 is 0 Å². The molecule has 2 aliphatic heterocycles. The summed E-state index contributed by atoms with van der Waals surface area (Å²) in [5, 5.41) is 6.59. The molecule has 8 nitrogen and oxygen atoms in total. The number of carbonyl (C=O) groups is 3. The molecule has 3 heterocycles.